The minimum absolute atomic E-state index is 0.104. The summed E-state index contributed by atoms with van der Waals surface area (Å²) < 4.78 is 20.3. The summed E-state index contributed by atoms with van der Waals surface area (Å²) in [6.07, 6.45) is 1.27. The molecule has 0 aliphatic heterocycles. The molecule has 27 heavy (non-hydrogen) atoms. The first kappa shape index (κ1) is 18.7. The number of nitrogens with one attached hydrogen (secondary N) is 1. The summed E-state index contributed by atoms with van der Waals surface area (Å²) in [5.74, 6) is -1.76. The molecule has 0 unspecified atom stereocenters. The van der Waals surface area contributed by atoms with E-state index in [0.29, 0.717) is 5.69 Å². The van der Waals surface area contributed by atoms with E-state index in [1.165, 1.54) is 29.0 Å². The number of anilines is 1. The van der Waals surface area contributed by atoms with Crippen LogP contribution >= 0.6 is 11.3 Å². The number of rotatable bonds is 4. The Kier molecular flexibility index (Phi) is 5.04. The molecule has 1 N–H and O–H groups in total. The number of para-hydroxylation sites is 1. The number of carbonyl (C=O) groups excluding carboxylic acids is 2. The number of amides is 1. The maximum Gasteiger partial charge on any atom is 0.350 e. The van der Waals surface area contributed by atoms with Gasteiger partial charge in [0.1, 0.15) is 16.3 Å². The van der Waals surface area contributed by atoms with E-state index in [9.17, 15) is 18.8 Å². The van der Waals surface area contributed by atoms with Crippen LogP contribution in [0.3, 0.4) is 0 Å². The highest BCUT2D eigenvalue weighted by atomic mass is 32.1. The fraction of sp³-hybridized carbons (Fsp3) is 0.222. The zero-order chi connectivity index (χ0) is 19.7. The van der Waals surface area contributed by atoms with Gasteiger partial charge in [-0.15, -0.1) is 0 Å². The average molecular weight is 389 g/mol. The Labute approximate surface area is 157 Å². The molecule has 3 rings (SSSR count). The third-order valence-corrected chi connectivity index (χ3v) is 4.93. The fourth-order valence-electron chi connectivity index (χ4n) is 2.68. The number of nitrogens with zero attached hydrogens (tertiary/aromatic N) is 2. The van der Waals surface area contributed by atoms with E-state index in [1.54, 1.807) is 20.9 Å². The molecular formula is C18H16FN3O4S. The summed E-state index contributed by atoms with van der Waals surface area (Å²) in [6, 6.07) is 4.12. The number of hydrogen-bond donors (Lipinski definition) is 1. The molecule has 0 spiro atoms. The molecule has 1 aromatic carbocycles. The monoisotopic (exact) mass is 389 g/mol. The summed E-state index contributed by atoms with van der Waals surface area (Å²) >= 11 is 0.960. The number of benzene rings is 1. The zero-order valence-electron chi connectivity index (χ0n) is 14.8. The first-order valence-electron chi connectivity index (χ1n) is 8.07. The highest BCUT2D eigenvalue weighted by Crippen LogP contribution is 2.24. The Morgan fingerprint density at radius 3 is 2.81 bits per heavy atom. The van der Waals surface area contributed by atoms with Gasteiger partial charge in [0.2, 0.25) is 5.43 Å². The van der Waals surface area contributed by atoms with Gasteiger partial charge in [-0.1, -0.05) is 17.4 Å². The molecule has 9 heteroatoms. The molecule has 1 amide bonds. The summed E-state index contributed by atoms with van der Waals surface area (Å²) in [5, 5.41) is 2.79. The van der Waals surface area contributed by atoms with Crippen molar-refractivity contribution in [1.82, 2.24) is 9.55 Å². The lowest BCUT2D eigenvalue weighted by Gasteiger charge is -2.09. The van der Waals surface area contributed by atoms with E-state index < -0.39 is 23.1 Å². The number of thiazole rings is 1. The predicted molar refractivity (Wildman–Crippen MR) is 99.9 cm³/mol. The second-order valence-corrected chi connectivity index (χ2v) is 6.73. The average Bonchev–Trinajstić information content (AvgIpc) is 2.98. The Morgan fingerprint density at radius 1 is 1.37 bits per heavy atom. The number of ether oxygens (including phenoxy) is 1. The van der Waals surface area contributed by atoms with Gasteiger partial charge in [-0.2, -0.15) is 0 Å². The topological polar surface area (TPSA) is 90.3 Å². The molecule has 140 valence electrons. The van der Waals surface area contributed by atoms with Crippen LogP contribution in [0.25, 0.3) is 10.9 Å². The van der Waals surface area contributed by atoms with Gasteiger partial charge < -0.3 is 9.30 Å². The van der Waals surface area contributed by atoms with Crippen LogP contribution in [0.1, 0.15) is 32.6 Å². The third-order valence-electron chi connectivity index (χ3n) is 3.87. The van der Waals surface area contributed by atoms with Crippen molar-refractivity contribution in [3.8, 4) is 0 Å². The van der Waals surface area contributed by atoms with E-state index in [0.717, 1.165) is 11.3 Å². The molecule has 0 saturated carbocycles. The molecule has 7 nitrogen and oxygen atoms in total. The Morgan fingerprint density at radius 2 is 2.11 bits per heavy atom. The number of fused-ring (bicyclic) bond motifs is 1. The maximum absolute atomic E-state index is 14.0. The zero-order valence-corrected chi connectivity index (χ0v) is 15.6. The molecule has 0 atom stereocenters. The molecule has 2 heterocycles. The third kappa shape index (κ3) is 3.45. The smallest absolute Gasteiger partial charge is 0.350 e. The molecule has 2 aromatic heterocycles. The quantitative estimate of drug-likeness (QED) is 0.693. The van der Waals surface area contributed by atoms with Crippen molar-refractivity contribution in [2.75, 3.05) is 11.9 Å². The summed E-state index contributed by atoms with van der Waals surface area (Å²) in [6.45, 7) is 3.53. The second kappa shape index (κ2) is 7.28. The molecule has 3 aromatic rings. The van der Waals surface area contributed by atoms with E-state index >= 15 is 0 Å². The van der Waals surface area contributed by atoms with Crippen molar-refractivity contribution in [3.05, 3.63) is 56.6 Å². The molecule has 0 radical (unpaired) electrons. The van der Waals surface area contributed by atoms with Gasteiger partial charge >= 0.3 is 5.97 Å². The SMILES string of the molecule is CCOC(=O)c1sc(NC(=O)c2cn(C)c3c(F)cccc3c2=O)nc1C. The number of aryl methyl sites for hydroxylation is 2. The van der Waals surface area contributed by atoms with Crippen molar-refractivity contribution in [3.63, 3.8) is 0 Å². The number of aromatic nitrogens is 2. The van der Waals surface area contributed by atoms with E-state index in [1.807, 2.05) is 0 Å². The van der Waals surface area contributed by atoms with Crippen LogP contribution in [0, 0.1) is 12.7 Å². The van der Waals surface area contributed by atoms with Crippen molar-refractivity contribution >= 4 is 39.2 Å². The van der Waals surface area contributed by atoms with Gasteiger partial charge in [-0.25, -0.2) is 14.2 Å². The molecular weight excluding hydrogens is 373 g/mol. The number of esters is 1. The lowest BCUT2D eigenvalue weighted by Crippen LogP contribution is -2.23. The van der Waals surface area contributed by atoms with E-state index in [2.05, 4.69) is 10.3 Å². The molecule has 0 aliphatic carbocycles. The van der Waals surface area contributed by atoms with E-state index in [-0.39, 0.29) is 33.1 Å². The Hall–Kier alpha value is -3.07. The van der Waals surface area contributed by atoms with Crippen LogP contribution in [-0.4, -0.2) is 28.0 Å². The molecule has 0 bridgehead atoms. The standard InChI is InChI=1S/C18H16FN3O4S/c1-4-26-17(25)15-9(2)20-18(27-15)21-16(24)11-8-22(3)13-10(14(11)23)6-5-7-12(13)19/h5-8H,4H2,1-3H3,(H,20,21,24). The number of hydrogen-bond acceptors (Lipinski definition) is 6. The van der Waals surface area contributed by atoms with Crippen LogP contribution in [0.4, 0.5) is 9.52 Å². The van der Waals surface area contributed by atoms with Crippen LogP contribution in [0.5, 0.6) is 0 Å². The van der Waals surface area contributed by atoms with Crippen molar-refractivity contribution in [2.24, 2.45) is 7.05 Å². The minimum atomic E-state index is -0.689. The second-order valence-electron chi connectivity index (χ2n) is 5.73. The molecule has 0 saturated heterocycles. The lowest BCUT2D eigenvalue weighted by atomic mass is 10.1. The predicted octanol–water partition coefficient (Wildman–Crippen LogP) is 2.87. The van der Waals surface area contributed by atoms with Crippen molar-refractivity contribution in [2.45, 2.75) is 13.8 Å². The van der Waals surface area contributed by atoms with Gasteiger partial charge in [-0.05, 0) is 26.0 Å². The van der Waals surface area contributed by atoms with Gasteiger partial charge in [0.25, 0.3) is 5.91 Å². The maximum atomic E-state index is 14.0. The van der Waals surface area contributed by atoms with Crippen LogP contribution < -0.4 is 10.7 Å². The van der Waals surface area contributed by atoms with Gasteiger partial charge in [-0.3, -0.25) is 14.9 Å². The first-order valence-corrected chi connectivity index (χ1v) is 8.88. The van der Waals surface area contributed by atoms with Crippen molar-refractivity contribution in [1.29, 1.82) is 0 Å². The highest BCUT2D eigenvalue weighted by Gasteiger charge is 2.20. The van der Waals surface area contributed by atoms with Crippen LogP contribution in [-0.2, 0) is 11.8 Å². The lowest BCUT2D eigenvalue weighted by molar-refractivity contribution is 0.0531. The summed E-state index contributed by atoms with van der Waals surface area (Å²) in [5.41, 5.74) is -0.198. The minimum Gasteiger partial charge on any atom is -0.462 e. The highest BCUT2D eigenvalue weighted by molar-refractivity contribution is 7.17. The normalized spacial score (nSPS) is 10.8. The van der Waals surface area contributed by atoms with Gasteiger partial charge in [0.15, 0.2) is 5.13 Å². The largest absolute Gasteiger partial charge is 0.462 e. The van der Waals surface area contributed by atoms with Gasteiger partial charge in [0.05, 0.1) is 17.8 Å². The summed E-state index contributed by atoms with van der Waals surface area (Å²) in [7, 11) is 1.55. The van der Waals surface area contributed by atoms with Crippen molar-refractivity contribution < 1.29 is 18.7 Å². The molecule has 0 fully saturated rings. The fourth-order valence-corrected chi connectivity index (χ4v) is 3.54. The Bertz CT molecular complexity index is 1120. The van der Waals surface area contributed by atoms with Crippen LogP contribution in [0.15, 0.2) is 29.2 Å². The summed E-state index contributed by atoms with van der Waals surface area (Å²) in [4.78, 5) is 41.4. The number of pyridine rings is 1. The Balaban J connectivity index is 1.96. The van der Waals surface area contributed by atoms with Gasteiger partial charge in [0, 0.05) is 18.6 Å². The number of halogens is 1. The number of carbonyl (C=O) groups is 2. The molecule has 0 aliphatic rings. The first-order chi connectivity index (χ1) is 12.8. The van der Waals surface area contributed by atoms with E-state index in [4.69, 9.17) is 4.74 Å². The van der Waals surface area contributed by atoms with Crippen LogP contribution in [0.2, 0.25) is 0 Å².